The minimum Gasteiger partial charge on any atom is -0.468 e. The van der Waals surface area contributed by atoms with Crippen LogP contribution in [0.5, 0.6) is 0 Å². The number of rotatable bonds is 8. The van der Waals surface area contributed by atoms with Gasteiger partial charge in [-0.3, -0.25) is 9.59 Å². The predicted molar refractivity (Wildman–Crippen MR) is 96.8 cm³/mol. The second kappa shape index (κ2) is 8.65. The van der Waals surface area contributed by atoms with Gasteiger partial charge in [-0.05, 0) is 25.5 Å². The van der Waals surface area contributed by atoms with Crippen molar-refractivity contribution in [1.82, 2.24) is 0 Å². The lowest BCUT2D eigenvalue weighted by atomic mass is 9.78. The molecule has 0 aromatic heterocycles. The van der Waals surface area contributed by atoms with Gasteiger partial charge in [-0.15, -0.1) is 12.3 Å². The van der Waals surface area contributed by atoms with E-state index >= 15 is 0 Å². The third-order valence-corrected chi connectivity index (χ3v) is 5.62. The van der Waals surface area contributed by atoms with E-state index in [4.69, 9.17) is 9.47 Å². The Morgan fingerprint density at radius 1 is 1.08 bits per heavy atom. The first-order valence-corrected chi connectivity index (χ1v) is 9.14. The number of allylic oxidation sites excluding steroid dienone is 2. The highest BCUT2D eigenvalue weighted by molar-refractivity contribution is 7.95. The fourth-order valence-corrected chi connectivity index (χ4v) is 4.04. The second-order valence-corrected chi connectivity index (χ2v) is 7.76. The molecule has 0 heterocycles. The molecule has 0 saturated heterocycles. The zero-order valence-corrected chi connectivity index (χ0v) is 15.9. The number of ether oxygens (including phenoxy) is 2. The summed E-state index contributed by atoms with van der Waals surface area (Å²) >= 11 is 0. The van der Waals surface area contributed by atoms with Gasteiger partial charge >= 0.3 is 11.9 Å². The van der Waals surface area contributed by atoms with Gasteiger partial charge < -0.3 is 9.47 Å². The van der Waals surface area contributed by atoms with Crippen molar-refractivity contribution in [2.45, 2.75) is 24.7 Å². The Morgan fingerprint density at radius 2 is 1.58 bits per heavy atom. The Balaban J connectivity index is 3.53. The van der Waals surface area contributed by atoms with Gasteiger partial charge in [0.25, 0.3) is 0 Å². The van der Waals surface area contributed by atoms with E-state index in [-0.39, 0.29) is 16.2 Å². The van der Waals surface area contributed by atoms with Crippen molar-refractivity contribution in [3.05, 3.63) is 59.7 Å². The van der Waals surface area contributed by atoms with Crippen LogP contribution in [-0.2, 0) is 28.9 Å². The molecule has 0 amide bonds. The van der Waals surface area contributed by atoms with E-state index in [9.17, 15) is 18.0 Å². The van der Waals surface area contributed by atoms with Gasteiger partial charge in [0.05, 0.1) is 24.0 Å². The van der Waals surface area contributed by atoms with Gasteiger partial charge in [0.15, 0.2) is 5.41 Å². The number of carbonyl (C=O) groups excluding carboxylic acids is 2. The van der Waals surface area contributed by atoms with E-state index in [0.29, 0.717) is 5.57 Å². The first kappa shape index (κ1) is 21.4. The average molecular weight is 378 g/mol. The normalized spacial score (nSPS) is 11.2. The maximum absolute atomic E-state index is 12.9. The quantitative estimate of drug-likeness (QED) is 0.299. The largest absolute Gasteiger partial charge is 0.468 e. The average Bonchev–Trinajstić information content (AvgIpc) is 2.63. The van der Waals surface area contributed by atoms with Crippen LogP contribution in [0.2, 0.25) is 0 Å². The molecule has 0 N–H and O–H groups in total. The number of hydrogen-bond acceptors (Lipinski definition) is 6. The van der Waals surface area contributed by atoms with Crippen LogP contribution in [0.15, 0.2) is 64.6 Å². The van der Waals surface area contributed by atoms with Crippen LogP contribution in [-0.4, -0.2) is 34.6 Å². The monoisotopic (exact) mass is 378 g/mol. The molecule has 0 spiro atoms. The summed E-state index contributed by atoms with van der Waals surface area (Å²) in [5, 5.41) is 0. The molecule has 1 aromatic carbocycles. The molecule has 0 aliphatic carbocycles. The van der Waals surface area contributed by atoms with Crippen molar-refractivity contribution in [3.8, 4) is 0 Å². The van der Waals surface area contributed by atoms with E-state index in [2.05, 4.69) is 18.9 Å². The number of benzene rings is 1. The molecular weight excluding hydrogens is 356 g/mol. The Morgan fingerprint density at radius 3 is 1.96 bits per heavy atom. The van der Waals surface area contributed by atoms with Crippen LogP contribution in [0.1, 0.15) is 19.8 Å². The summed E-state index contributed by atoms with van der Waals surface area (Å²) in [4.78, 5) is 24.6. The van der Waals surface area contributed by atoms with E-state index in [1.807, 2.05) is 0 Å². The highest BCUT2D eigenvalue weighted by atomic mass is 32.2. The Hall–Kier alpha value is -2.63. The molecule has 0 aliphatic heterocycles. The second-order valence-electron chi connectivity index (χ2n) is 5.79. The molecular formula is C19H22O6S. The van der Waals surface area contributed by atoms with E-state index in [0.717, 1.165) is 14.2 Å². The molecule has 26 heavy (non-hydrogen) atoms. The van der Waals surface area contributed by atoms with Crippen LogP contribution in [0.3, 0.4) is 0 Å². The van der Waals surface area contributed by atoms with Gasteiger partial charge in [0.2, 0.25) is 9.84 Å². The van der Waals surface area contributed by atoms with Gasteiger partial charge in [-0.1, -0.05) is 30.4 Å². The number of esters is 2. The third kappa shape index (κ3) is 4.31. The van der Waals surface area contributed by atoms with Crippen molar-refractivity contribution in [1.29, 1.82) is 0 Å². The fraction of sp³-hybridized carbons (Fsp3) is 0.316. The van der Waals surface area contributed by atoms with Crippen LogP contribution in [0, 0.1) is 5.41 Å². The summed E-state index contributed by atoms with van der Waals surface area (Å²) in [5.41, 5.74) is 0.956. The van der Waals surface area contributed by atoms with Crippen LogP contribution in [0.4, 0.5) is 0 Å². The highest BCUT2D eigenvalue weighted by Crippen LogP contribution is 2.38. The molecule has 7 heteroatoms. The topological polar surface area (TPSA) is 86.7 Å². The van der Waals surface area contributed by atoms with Gasteiger partial charge in [0.1, 0.15) is 0 Å². The van der Waals surface area contributed by atoms with Gasteiger partial charge in [-0.2, -0.15) is 0 Å². The Bertz CT molecular complexity index is 829. The first-order chi connectivity index (χ1) is 12.2. The first-order valence-electron chi connectivity index (χ1n) is 7.66. The Labute approximate surface area is 153 Å². The molecule has 140 valence electrons. The number of methoxy groups -OCH3 is 2. The van der Waals surface area contributed by atoms with Crippen molar-refractivity contribution in [2.24, 2.45) is 5.41 Å². The van der Waals surface area contributed by atoms with Crippen molar-refractivity contribution >= 4 is 21.8 Å². The number of sulfone groups is 1. The van der Waals surface area contributed by atoms with Crippen LogP contribution >= 0.6 is 0 Å². The summed E-state index contributed by atoms with van der Waals surface area (Å²) in [6.07, 6.45) is -0.637. The molecule has 6 nitrogen and oxygen atoms in total. The standard InChI is InChI=1S/C19H22O6S/c1-6-15(26(22,23)16-10-8-7-9-11-16)13-19(12-14(2)3,17(20)24-4)18(21)25-5/h7-11H,1-2,12-13H2,3-5H3. The summed E-state index contributed by atoms with van der Waals surface area (Å²) in [6.45, 7) is 8.75. The number of carbonyl (C=O) groups is 2. The lowest BCUT2D eigenvalue weighted by Crippen LogP contribution is -2.42. The highest BCUT2D eigenvalue weighted by Gasteiger charge is 2.50. The summed E-state index contributed by atoms with van der Waals surface area (Å²) in [7, 11) is -1.78. The maximum Gasteiger partial charge on any atom is 0.323 e. The minimum atomic E-state index is -4.01. The van der Waals surface area contributed by atoms with Gasteiger partial charge in [0, 0.05) is 6.42 Å². The zero-order chi connectivity index (χ0) is 20.0. The molecule has 1 aromatic rings. The van der Waals surface area contributed by atoms with Gasteiger partial charge in [-0.25, -0.2) is 8.42 Å². The fourth-order valence-electron chi connectivity index (χ4n) is 2.61. The molecule has 0 atom stereocenters. The molecule has 1 rings (SSSR count). The predicted octanol–water partition coefficient (Wildman–Crippen LogP) is 2.82. The van der Waals surface area contributed by atoms with Crippen molar-refractivity contribution < 1.29 is 27.5 Å². The SMILES string of the molecule is C=C=C(CC(CC(=C)C)(C(=O)OC)C(=O)OC)S(=O)(=O)c1ccccc1. The van der Waals surface area contributed by atoms with E-state index in [1.165, 1.54) is 12.1 Å². The molecule has 0 aliphatic rings. The molecule has 0 saturated carbocycles. The van der Waals surface area contributed by atoms with E-state index in [1.54, 1.807) is 25.1 Å². The molecule has 0 fully saturated rings. The number of hydrogen-bond donors (Lipinski definition) is 0. The molecule has 0 unspecified atom stereocenters. The maximum atomic E-state index is 12.9. The zero-order valence-electron chi connectivity index (χ0n) is 15.1. The van der Waals surface area contributed by atoms with Crippen molar-refractivity contribution in [3.63, 3.8) is 0 Å². The lowest BCUT2D eigenvalue weighted by Gasteiger charge is -2.28. The van der Waals surface area contributed by atoms with Crippen LogP contribution < -0.4 is 0 Å². The molecule has 0 bridgehead atoms. The summed E-state index contributed by atoms with van der Waals surface area (Å²) in [5.74, 6) is -1.83. The van der Waals surface area contributed by atoms with Crippen molar-refractivity contribution in [2.75, 3.05) is 14.2 Å². The van der Waals surface area contributed by atoms with Crippen LogP contribution in [0.25, 0.3) is 0 Å². The summed E-state index contributed by atoms with van der Waals surface area (Å²) < 4.78 is 35.3. The molecule has 0 radical (unpaired) electrons. The third-order valence-electron chi connectivity index (χ3n) is 3.79. The smallest absolute Gasteiger partial charge is 0.323 e. The Kier molecular flexibility index (Phi) is 7.12. The minimum absolute atomic E-state index is 0.00473. The summed E-state index contributed by atoms with van der Waals surface area (Å²) in [6, 6.07) is 7.61. The lowest BCUT2D eigenvalue weighted by molar-refractivity contribution is -0.169. The van der Waals surface area contributed by atoms with E-state index < -0.39 is 33.6 Å².